The summed E-state index contributed by atoms with van der Waals surface area (Å²) in [5, 5.41) is 10.3. The van der Waals surface area contributed by atoms with Gasteiger partial charge in [-0.3, -0.25) is 0 Å². The molecule has 106 valence electrons. The van der Waals surface area contributed by atoms with E-state index in [1.54, 1.807) is 24.3 Å². The monoisotopic (exact) mass is 284 g/mol. The van der Waals surface area contributed by atoms with E-state index in [2.05, 4.69) is 4.74 Å². The SMILES string of the molecule is [O]CC(=O)Oc1ccc(Cc2ccc(O[C]=O)cc2)cc1. The van der Waals surface area contributed by atoms with E-state index >= 15 is 0 Å². The maximum Gasteiger partial charge on any atom is 0.423 e. The number of carbonyl (C=O) groups excluding carboxylic acids is 2. The fraction of sp³-hybridized carbons (Fsp3) is 0.125. The topological polar surface area (TPSA) is 72.5 Å². The lowest BCUT2D eigenvalue weighted by molar-refractivity contribution is -0.139. The molecule has 0 N–H and O–H groups in total. The molecule has 0 saturated heterocycles. The quantitative estimate of drug-likeness (QED) is 0.601. The molecule has 0 fully saturated rings. The van der Waals surface area contributed by atoms with Crippen LogP contribution in [0.2, 0.25) is 0 Å². The Morgan fingerprint density at radius 3 is 1.90 bits per heavy atom. The number of rotatable bonds is 6. The molecule has 2 aromatic carbocycles. The van der Waals surface area contributed by atoms with Crippen molar-refractivity contribution >= 4 is 12.4 Å². The molecule has 5 nitrogen and oxygen atoms in total. The Labute approximate surface area is 121 Å². The van der Waals surface area contributed by atoms with Crippen molar-refractivity contribution in [3.8, 4) is 11.5 Å². The molecule has 0 heterocycles. The van der Waals surface area contributed by atoms with Gasteiger partial charge in [0.25, 0.3) is 0 Å². The third-order valence-electron chi connectivity index (χ3n) is 2.76. The van der Waals surface area contributed by atoms with E-state index in [4.69, 9.17) is 4.74 Å². The van der Waals surface area contributed by atoms with E-state index in [1.165, 1.54) is 6.47 Å². The van der Waals surface area contributed by atoms with Crippen LogP contribution in [0, 0.1) is 0 Å². The smallest absolute Gasteiger partial charge is 0.423 e. The van der Waals surface area contributed by atoms with Crippen LogP contribution >= 0.6 is 0 Å². The zero-order chi connectivity index (χ0) is 15.1. The van der Waals surface area contributed by atoms with Gasteiger partial charge in [-0.05, 0) is 41.8 Å². The van der Waals surface area contributed by atoms with Gasteiger partial charge in [-0.1, -0.05) is 24.3 Å². The summed E-state index contributed by atoms with van der Waals surface area (Å²) in [5.41, 5.74) is 2.06. The average molecular weight is 284 g/mol. The second kappa shape index (κ2) is 7.21. The van der Waals surface area contributed by atoms with Gasteiger partial charge >= 0.3 is 12.4 Å². The first kappa shape index (κ1) is 14.7. The lowest BCUT2D eigenvalue weighted by atomic mass is 10.0. The Morgan fingerprint density at radius 1 is 0.905 bits per heavy atom. The lowest BCUT2D eigenvalue weighted by Gasteiger charge is -2.05. The predicted molar refractivity (Wildman–Crippen MR) is 73.2 cm³/mol. The van der Waals surface area contributed by atoms with Crippen molar-refractivity contribution in [1.82, 2.24) is 0 Å². The summed E-state index contributed by atoms with van der Waals surface area (Å²) >= 11 is 0. The fourth-order valence-corrected chi connectivity index (χ4v) is 1.80. The van der Waals surface area contributed by atoms with Crippen LogP contribution < -0.4 is 9.47 Å². The first-order valence-corrected chi connectivity index (χ1v) is 6.22. The minimum atomic E-state index is -0.894. The van der Waals surface area contributed by atoms with Crippen molar-refractivity contribution in [2.45, 2.75) is 6.42 Å². The van der Waals surface area contributed by atoms with Crippen LogP contribution in [-0.2, 0) is 21.1 Å². The molecule has 2 aromatic rings. The lowest BCUT2D eigenvalue weighted by Crippen LogP contribution is -2.11. The summed E-state index contributed by atoms with van der Waals surface area (Å²) in [7, 11) is 0. The van der Waals surface area contributed by atoms with Gasteiger partial charge in [0, 0.05) is 0 Å². The van der Waals surface area contributed by atoms with E-state index in [1.807, 2.05) is 24.3 Å². The summed E-state index contributed by atoms with van der Waals surface area (Å²) in [5.74, 6) is -0.0104. The van der Waals surface area contributed by atoms with Crippen LogP contribution in [0.1, 0.15) is 11.1 Å². The third-order valence-corrected chi connectivity index (χ3v) is 2.76. The summed E-state index contributed by atoms with van der Waals surface area (Å²) in [6, 6.07) is 14.0. The largest absolute Gasteiger partial charge is 0.425 e. The second-order valence-electron chi connectivity index (χ2n) is 4.27. The molecule has 0 aliphatic heterocycles. The Bertz CT molecular complexity index is 602. The molecule has 21 heavy (non-hydrogen) atoms. The van der Waals surface area contributed by atoms with Gasteiger partial charge in [-0.2, -0.15) is 0 Å². The maximum absolute atomic E-state index is 10.9. The van der Waals surface area contributed by atoms with E-state index in [9.17, 15) is 14.7 Å². The Morgan fingerprint density at radius 2 is 1.43 bits per heavy atom. The van der Waals surface area contributed by atoms with Crippen molar-refractivity contribution in [2.75, 3.05) is 6.61 Å². The molecule has 0 bridgehead atoms. The molecule has 0 saturated carbocycles. The highest BCUT2D eigenvalue weighted by atomic mass is 16.5. The molecular formula is C16H12O5. The summed E-state index contributed by atoms with van der Waals surface area (Å²) in [6.07, 6.45) is 0.681. The average Bonchev–Trinajstić information content (AvgIpc) is 2.51. The van der Waals surface area contributed by atoms with Gasteiger partial charge in [-0.25, -0.2) is 14.7 Å². The number of benzene rings is 2. The van der Waals surface area contributed by atoms with Gasteiger partial charge < -0.3 is 9.47 Å². The van der Waals surface area contributed by atoms with Crippen molar-refractivity contribution in [1.29, 1.82) is 0 Å². The zero-order valence-electron chi connectivity index (χ0n) is 11.1. The predicted octanol–water partition coefficient (Wildman–Crippen LogP) is 2.06. The van der Waals surface area contributed by atoms with E-state index in [-0.39, 0.29) is 0 Å². The molecule has 0 unspecified atom stereocenters. The van der Waals surface area contributed by atoms with Crippen LogP contribution in [0.25, 0.3) is 0 Å². The van der Waals surface area contributed by atoms with Gasteiger partial charge in [0.15, 0.2) is 6.61 Å². The Balaban J connectivity index is 1.99. The van der Waals surface area contributed by atoms with Gasteiger partial charge in [0.2, 0.25) is 0 Å². The van der Waals surface area contributed by atoms with Crippen LogP contribution in [0.15, 0.2) is 48.5 Å². The highest BCUT2D eigenvalue weighted by molar-refractivity contribution is 5.73. The fourth-order valence-electron chi connectivity index (χ4n) is 1.80. The highest BCUT2D eigenvalue weighted by Gasteiger charge is 2.04. The minimum Gasteiger partial charge on any atom is -0.425 e. The molecule has 0 atom stereocenters. The van der Waals surface area contributed by atoms with Crippen LogP contribution in [-0.4, -0.2) is 19.0 Å². The van der Waals surface area contributed by atoms with Crippen molar-refractivity contribution < 1.29 is 24.2 Å². The second-order valence-corrected chi connectivity index (χ2v) is 4.27. The molecule has 0 amide bonds. The van der Waals surface area contributed by atoms with E-state index < -0.39 is 12.6 Å². The number of hydrogen-bond donors (Lipinski definition) is 0. The molecular weight excluding hydrogens is 272 g/mol. The van der Waals surface area contributed by atoms with Crippen molar-refractivity contribution in [2.24, 2.45) is 0 Å². The van der Waals surface area contributed by atoms with Gasteiger partial charge in [0.05, 0.1) is 0 Å². The summed E-state index contributed by atoms with van der Waals surface area (Å²) in [6.45, 7) is 0.472. The van der Waals surface area contributed by atoms with E-state index in [0.717, 1.165) is 11.1 Å². The first-order valence-electron chi connectivity index (χ1n) is 6.22. The van der Waals surface area contributed by atoms with E-state index in [0.29, 0.717) is 17.9 Å². The highest BCUT2D eigenvalue weighted by Crippen LogP contribution is 2.17. The summed E-state index contributed by atoms with van der Waals surface area (Å²) < 4.78 is 9.40. The molecule has 2 radical (unpaired) electrons. The molecule has 5 heteroatoms. The van der Waals surface area contributed by atoms with Gasteiger partial charge in [-0.15, -0.1) is 0 Å². The molecule has 0 aliphatic carbocycles. The number of hydrogen-bond acceptors (Lipinski definition) is 4. The van der Waals surface area contributed by atoms with Crippen LogP contribution in [0.5, 0.6) is 11.5 Å². The number of esters is 1. The minimum absolute atomic E-state index is 0.352. The Kier molecular flexibility index (Phi) is 5.06. The number of carbonyl (C=O) groups is 1. The third kappa shape index (κ3) is 4.43. The Hall–Kier alpha value is -2.66. The molecule has 0 spiro atoms. The number of ether oxygens (including phenoxy) is 2. The van der Waals surface area contributed by atoms with Gasteiger partial charge in [0.1, 0.15) is 11.5 Å². The van der Waals surface area contributed by atoms with Crippen LogP contribution in [0.4, 0.5) is 0 Å². The molecule has 0 aliphatic rings. The van der Waals surface area contributed by atoms with Crippen LogP contribution in [0.3, 0.4) is 0 Å². The van der Waals surface area contributed by atoms with Crippen molar-refractivity contribution in [3.63, 3.8) is 0 Å². The standard InChI is InChI=1S/C16H12O5/c17-10-16(19)21-15-7-3-13(4-8-15)9-12-1-5-14(6-2-12)20-11-18/h1-8H,9-10H2. The maximum atomic E-state index is 10.9. The molecule has 0 aromatic heterocycles. The van der Waals surface area contributed by atoms with Crippen molar-refractivity contribution in [3.05, 3.63) is 59.7 Å². The normalized spacial score (nSPS) is 9.95. The summed E-state index contributed by atoms with van der Waals surface area (Å²) in [4.78, 5) is 20.9. The molecule has 2 rings (SSSR count). The zero-order valence-corrected chi connectivity index (χ0v) is 11.1. The first-order chi connectivity index (χ1) is 10.2.